The molecule has 0 aliphatic carbocycles. The van der Waals surface area contributed by atoms with E-state index in [2.05, 4.69) is 10.6 Å². The molecule has 0 bridgehead atoms. The van der Waals surface area contributed by atoms with E-state index < -0.39 is 198 Å². The molecule has 62 heavy (non-hydrogen) atoms. The summed E-state index contributed by atoms with van der Waals surface area (Å²) in [6.45, 7) is -2.53. The van der Waals surface area contributed by atoms with E-state index in [1.165, 1.54) is 0 Å². The van der Waals surface area contributed by atoms with Gasteiger partial charge in [0.15, 0.2) is 31.5 Å². The summed E-state index contributed by atoms with van der Waals surface area (Å²) in [6.07, 6.45) is -42.7. The van der Waals surface area contributed by atoms with Crippen LogP contribution in [0.25, 0.3) is 0 Å². The number of carbonyl (C=O) groups is 2. The number of amides is 2. The van der Waals surface area contributed by atoms with Crippen LogP contribution < -0.4 is 10.6 Å². The van der Waals surface area contributed by atoms with E-state index in [0.717, 1.165) is 13.8 Å². The lowest BCUT2D eigenvalue weighted by Gasteiger charge is -2.50. The van der Waals surface area contributed by atoms with E-state index in [4.69, 9.17) is 42.6 Å². The molecule has 0 aromatic carbocycles. The number of carbonyl (C=O) groups excluding carboxylic acids is 2. The molecule has 28 nitrogen and oxygen atoms in total. The Hall–Kier alpha value is -2.02. The number of aliphatic hydroxyl groups excluding tert-OH is 15. The fourth-order valence-electron chi connectivity index (χ4n) is 7.82. The van der Waals surface area contributed by atoms with Gasteiger partial charge in [-0.3, -0.25) is 9.59 Å². The van der Waals surface area contributed by atoms with Crippen molar-refractivity contribution in [2.24, 2.45) is 0 Å². The second-order valence-electron chi connectivity index (χ2n) is 15.4. The van der Waals surface area contributed by atoms with Crippen molar-refractivity contribution in [3.05, 3.63) is 0 Å². The quantitative estimate of drug-likeness (QED) is 0.0725. The summed E-state index contributed by atoms with van der Waals surface area (Å²) < 4.78 is 51.0. The Morgan fingerprint density at radius 1 is 0.387 bits per heavy atom. The summed E-state index contributed by atoms with van der Waals surface area (Å²) in [5.74, 6) is -1.47. The lowest BCUT2D eigenvalue weighted by molar-refractivity contribution is -0.395. The molecule has 5 aliphatic heterocycles. The molecule has 0 unspecified atom stereocenters. The zero-order valence-corrected chi connectivity index (χ0v) is 33.2. The molecule has 0 aromatic heterocycles. The number of rotatable bonds is 15. The minimum Gasteiger partial charge on any atom is -0.394 e. The predicted octanol–water partition coefficient (Wildman–Crippen LogP) is -11.6. The molecule has 0 spiro atoms. The van der Waals surface area contributed by atoms with Crippen LogP contribution in [-0.4, -0.2) is 275 Å². The van der Waals surface area contributed by atoms with Gasteiger partial charge in [-0.1, -0.05) is 0 Å². The standard InChI is InChI=1S/C34H58N2O26/c1-8(42)35-15-20(47)26(13(6-40)54-30(15)53)59-31-16(36-9(2)43)21(48)27(14(7-41)58-31)60-33-25(52)28(19(46)12(5-39)56-33)61-34-29(23(50)18(45)11(4-38)57-34)62-32-24(51)22(49)17(44)10(3-37)55-32/h10-34,37-41,44-53H,3-7H2,1-2H3,(H,35,42)(H,36,43)/t10-,11-,12-,13-,14-,15-,16-,17-,18-,19-,20-,21-,22+,23+,24+,25+,26-,27-,28-,29+,30-,31+,32+,33+,34+/m1/s1. The predicted molar refractivity (Wildman–Crippen MR) is 190 cm³/mol. The molecule has 5 aliphatic rings. The van der Waals surface area contributed by atoms with E-state index in [-0.39, 0.29) is 0 Å². The summed E-state index contributed by atoms with van der Waals surface area (Å²) >= 11 is 0. The van der Waals surface area contributed by atoms with Crippen LogP contribution in [0.2, 0.25) is 0 Å². The number of ether oxygens (including phenoxy) is 9. The highest BCUT2D eigenvalue weighted by atomic mass is 16.8. The van der Waals surface area contributed by atoms with E-state index in [0.29, 0.717) is 0 Å². The van der Waals surface area contributed by atoms with E-state index >= 15 is 0 Å². The van der Waals surface area contributed by atoms with Gasteiger partial charge in [-0.15, -0.1) is 0 Å². The Morgan fingerprint density at radius 3 is 1.31 bits per heavy atom. The highest BCUT2D eigenvalue weighted by Crippen LogP contribution is 2.36. The van der Waals surface area contributed by atoms with Gasteiger partial charge in [0.1, 0.15) is 122 Å². The highest BCUT2D eigenvalue weighted by molar-refractivity contribution is 5.73. The molecule has 360 valence electrons. The minimum absolute atomic E-state index is 0.687. The third-order valence-corrected chi connectivity index (χ3v) is 11.1. The molecule has 5 saturated heterocycles. The average molecular weight is 911 g/mol. The third kappa shape index (κ3) is 10.8. The maximum absolute atomic E-state index is 12.4. The van der Waals surface area contributed by atoms with Crippen molar-refractivity contribution in [1.82, 2.24) is 10.6 Å². The SMILES string of the molecule is CC(=O)N[C@@H]1[C@@H](O)[C@H](O[C@@H]2O[C@H](CO)[C@@H](O[C@@H]3O[C@H](CO)[C@@H](O)[C@@H](O[C@@H]4O[C@H](CO)[C@@H](O)[C@H](O)[C@@H]4O[C@@H]4O[C@H](CO)[C@@H](O)[C@H](O)[C@@H]4O)[C@@H]3O)[C@H](O)[C@H]2NC(C)=O)[C@@H](CO)O[C@H]1O. The van der Waals surface area contributed by atoms with Crippen LogP contribution in [0.3, 0.4) is 0 Å². The van der Waals surface area contributed by atoms with E-state index in [9.17, 15) is 86.2 Å². The van der Waals surface area contributed by atoms with Crippen molar-refractivity contribution >= 4 is 11.8 Å². The van der Waals surface area contributed by atoms with Crippen LogP contribution in [-0.2, 0) is 52.2 Å². The summed E-state index contributed by atoms with van der Waals surface area (Å²) in [6, 6.07) is -3.16. The number of hydrogen-bond acceptors (Lipinski definition) is 26. The molecule has 28 heteroatoms. The Bertz CT molecular complexity index is 1440. The topological polar surface area (TPSA) is 445 Å². The van der Waals surface area contributed by atoms with Crippen LogP contribution in [0, 0.1) is 0 Å². The molecule has 0 radical (unpaired) electrons. The van der Waals surface area contributed by atoms with Gasteiger partial charge < -0.3 is 130 Å². The molecule has 0 aromatic rings. The number of aliphatic hydroxyl groups is 15. The fourth-order valence-corrected chi connectivity index (χ4v) is 7.82. The zero-order valence-electron chi connectivity index (χ0n) is 33.2. The summed E-state index contributed by atoms with van der Waals surface area (Å²) in [5.41, 5.74) is 0. The van der Waals surface area contributed by atoms with Crippen molar-refractivity contribution in [3.8, 4) is 0 Å². The Labute approximate surface area is 351 Å². The monoisotopic (exact) mass is 910 g/mol. The lowest BCUT2D eigenvalue weighted by atomic mass is 9.94. The average Bonchev–Trinajstić information content (AvgIpc) is 3.23. The Morgan fingerprint density at radius 2 is 0.774 bits per heavy atom. The van der Waals surface area contributed by atoms with Crippen LogP contribution in [0.4, 0.5) is 0 Å². The maximum Gasteiger partial charge on any atom is 0.217 e. The number of nitrogens with one attached hydrogen (secondary N) is 2. The summed E-state index contributed by atoms with van der Waals surface area (Å²) in [5, 5.41) is 163. The zero-order chi connectivity index (χ0) is 45.9. The van der Waals surface area contributed by atoms with Gasteiger partial charge in [-0.2, -0.15) is 0 Å². The van der Waals surface area contributed by atoms with Crippen LogP contribution >= 0.6 is 0 Å². The largest absolute Gasteiger partial charge is 0.394 e. The van der Waals surface area contributed by atoms with Gasteiger partial charge in [-0.25, -0.2) is 0 Å². The van der Waals surface area contributed by atoms with Crippen molar-refractivity contribution in [1.29, 1.82) is 0 Å². The molecule has 17 N–H and O–H groups in total. The van der Waals surface area contributed by atoms with Crippen molar-refractivity contribution in [3.63, 3.8) is 0 Å². The first-order chi connectivity index (χ1) is 29.3. The molecular weight excluding hydrogens is 852 g/mol. The van der Waals surface area contributed by atoms with Crippen LogP contribution in [0.5, 0.6) is 0 Å². The molecule has 2 amide bonds. The van der Waals surface area contributed by atoms with E-state index in [1.54, 1.807) is 0 Å². The van der Waals surface area contributed by atoms with Gasteiger partial charge in [0.2, 0.25) is 11.8 Å². The van der Waals surface area contributed by atoms with E-state index in [1.807, 2.05) is 0 Å². The molecule has 0 saturated carbocycles. The summed E-state index contributed by atoms with van der Waals surface area (Å²) in [4.78, 5) is 24.2. The minimum atomic E-state index is -2.18. The highest BCUT2D eigenvalue weighted by Gasteiger charge is 2.57. The smallest absolute Gasteiger partial charge is 0.217 e. The molecule has 25 atom stereocenters. The van der Waals surface area contributed by atoms with Crippen LogP contribution in [0.15, 0.2) is 0 Å². The summed E-state index contributed by atoms with van der Waals surface area (Å²) in [7, 11) is 0. The van der Waals surface area contributed by atoms with Crippen LogP contribution in [0.1, 0.15) is 13.8 Å². The first-order valence-electron chi connectivity index (χ1n) is 19.6. The van der Waals surface area contributed by atoms with Crippen molar-refractivity contribution < 1.29 is 129 Å². The molecule has 5 rings (SSSR count). The third-order valence-electron chi connectivity index (χ3n) is 11.1. The second kappa shape index (κ2) is 22.0. The maximum atomic E-state index is 12.4. The Kier molecular flexibility index (Phi) is 18.1. The first-order valence-corrected chi connectivity index (χ1v) is 19.6. The van der Waals surface area contributed by atoms with Gasteiger partial charge in [0.05, 0.1) is 33.0 Å². The van der Waals surface area contributed by atoms with Gasteiger partial charge in [0.25, 0.3) is 0 Å². The van der Waals surface area contributed by atoms with Gasteiger partial charge >= 0.3 is 0 Å². The normalized spacial score (nSPS) is 49.0. The van der Waals surface area contributed by atoms with Crippen molar-refractivity contribution in [2.45, 2.75) is 167 Å². The lowest BCUT2D eigenvalue weighted by Crippen LogP contribution is -2.70. The first kappa shape index (κ1) is 51.0. The van der Waals surface area contributed by atoms with Gasteiger partial charge in [-0.05, 0) is 0 Å². The second-order valence-corrected chi connectivity index (χ2v) is 15.4. The van der Waals surface area contributed by atoms with Gasteiger partial charge in [0, 0.05) is 13.8 Å². The fraction of sp³-hybridized carbons (Fsp3) is 0.941. The Balaban J connectivity index is 1.38. The van der Waals surface area contributed by atoms with Crippen molar-refractivity contribution in [2.75, 3.05) is 33.0 Å². The number of hydrogen-bond donors (Lipinski definition) is 17. The molecule has 5 heterocycles. The molecule has 5 fully saturated rings. The molecular formula is C34H58N2O26.